The Labute approximate surface area is 203 Å². The van der Waals surface area contributed by atoms with Crippen LogP contribution in [0.2, 0.25) is 0 Å². The largest absolute Gasteiger partial charge is 0.356 e. The van der Waals surface area contributed by atoms with Gasteiger partial charge in [0.1, 0.15) is 11.2 Å². The van der Waals surface area contributed by atoms with Crippen LogP contribution in [-0.4, -0.2) is 58.2 Å². The molecule has 4 rings (SSSR count). The third-order valence-electron chi connectivity index (χ3n) is 6.20. The Hall–Kier alpha value is -4.01. The van der Waals surface area contributed by atoms with Crippen LogP contribution in [0, 0.1) is 0 Å². The first-order chi connectivity index (χ1) is 17.0. The van der Waals surface area contributed by atoms with E-state index in [0.29, 0.717) is 44.4 Å². The minimum atomic E-state index is -0.559. The molecule has 0 radical (unpaired) electrons. The van der Waals surface area contributed by atoms with Crippen molar-refractivity contribution in [2.75, 3.05) is 26.2 Å². The maximum Gasteiger partial charge on any atom is 0.270 e. The molecule has 1 atom stereocenters. The molecule has 35 heavy (non-hydrogen) atoms. The Kier molecular flexibility index (Phi) is 7.87. The lowest BCUT2D eigenvalue weighted by molar-refractivity contribution is -0.123. The van der Waals surface area contributed by atoms with E-state index in [1.54, 1.807) is 24.4 Å². The van der Waals surface area contributed by atoms with Crippen LogP contribution in [-0.2, 0) is 9.59 Å². The van der Waals surface area contributed by atoms with Crippen molar-refractivity contribution < 1.29 is 14.4 Å². The van der Waals surface area contributed by atoms with E-state index in [4.69, 9.17) is 0 Å². The third-order valence-corrected chi connectivity index (χ3v) is 6.20. The van der Waals surface area contributed by atoms with Gasteiger partial charge in [0.2, 0.25) is 11.8 Å². The zero-order chi connectivity index (χ0) is 24.6. The van der Waals surface area contributed by atoms with Crippen molar-refractivity contribution in [2.45, 2.75) is 31.6 Å². The van der Waals surface area contributed by atoms with Gasteiger partial charge in [-0.1, -0.05) is 36.4 Å². The van der Waals surface area contributed by atoms with Gasteiger partial charge in [-0.25, -0.2) is 4.98 Å². The SMILES string of the molecule is O=C1CCC(c2ccccc2)CCNC(=O)CN(C(=O)c2cnc3ccccn3c2=O)CCCN1. The number of carbonyl (C=O) groups is 3. The van der Waals surface area contributed by atoms with Gasteiger partial charge in [0.05, 0.1) is 6.54 Å². The van der Waals surface area contributed by atoms with E-state index in [9.17, 15) is 19.2 Å². The molecule has 0 saturated carbocycles. The van der Waals surface area contributed by atoms with Crippen molar-refractivity contribution in [3.63, 3.8) is 0 Å². The highest BCUT2D eigenvalue weighted by atomic mass is 16.2. The number of benzene rings is 1. The van der Waals surface area contributed by atoms with Crippen LogP contribution in [0.1, 0.15) is 47.5 Å². The van der Waals surface area contributed by atoms with Crippen LogP contribution >= 0.6 is 0 Å². The molecule has 1 saturated heterocycles. The summed E-state index contributed by atoms with van der Waals surface area (Å²) in [5.74, 6) is -0.759. The van der Waals surface area contributed by atoms with Crippen molar-refractivity contribution >= 4 is 23.4 Å². The van der Waals surface area contributed by atoms with Gasteiger partial charge in [-0.05, 0) is 42.9 Å². The molecular formula is C26H29N5O4. The number of aromatic nitrogens is 2. The zero-order valence-electron chi connectivity index (χ0n) is 19.5. The summed E-state index contributed by atoms with van der Waals surface area (Å²) in [5.41, 5.74) is 0.974. The molecule has 182 valence electrons. The number of carbonyl (C=O) groups excluding carboxylic acids is 3. The van der Waals surface area contributed by atoms with Crippen molar-refractivity contribution in [3.8, 4) is 0 Å². The number of pyridine rings is 1. The Balaban J connectivity index is 1.50. The summed E-state index contributed by atoms with van der Waals surface area (Å²) in [6.07, 6.45) is 5.01. The number of fused-ring (bicyclic) bond motifs is 1. The summed E-state index contributed by atoms with van der Waals surface area (Å²) in [6.45, 7) is 0.827. The van der Waals surface area contributed by atoms with Crippen LogP contribution in [0.4, 0.5) is 0 Å². The van der Waals surface area contributed by atoms with E-state index in [-0.39, 0.29) is 36.4 Å². The minimum absolute atomic E-state index is 0.0399. The fourth-order valence-corrected chi connectivity index (χ4v) is 4.31. The second kappa shape index (κ2) is 11.4. The van der Waals surface area contributed by atoms with Crippen molar-refractivity contribution in [1.82, 2.24) is 24.9 Å². The first kappa shape index (κ1) is 24.1. The second-order valence-electron chi connectivity index (χ2n) is 8.62. The number of amides is 3. The number of nitrogens with one attached hydrogen (secondary N) is 2. The van der Waals surface area contributed by atoms with Crippen molar-refractivity contribution in [3.05, 3.63) is 82.4 Å². The third kappa shape index (κ3) is 6.11. The highest BCUT2D eigenvalue weighted by Crippen LogP contribution is 2.24. The second-order valence-corrected chi connectivity index (χ2v) is 8.62. The van der Waals surface area contributed by atoms with E-state index >= 15 is 0 Å². The monoisotopic (exact) mass is 475 g/mol. The first-order valence-electron chi connectivity index (χ1n) is 11.9. The molecular weight excluding hydrogens is 446 g/mol. The molecule has 1 fully saturated rings. The number of nitrogens with zero attached hydrogens (tertiary/aromatic N) is 3. The van der Waals surface area contributed by atoms with Crippen LogP contribution in [0.3, 0.4) is 0 Å². The predicted molar refractivity (Wildman–Crippen MR) is 131 cm³/mol. The Morgan fingerprint density at radius 2 is 1.69 bits per heavy atom. The number of hydrogen-bond donors (Lipinski definition) is 2. The quantitative estimate of drug-likeness (QED) is 0.586. The summed E-state index contributed by atoms with van der Waals surface area (Å²) in [5, 5.41) is 5.79. The van der Waals surface area contributed by atoms with E-state index in [1.165, 1.54) is 15.5 Å². The van der Waals surface area contributed by atoms with Crippen LogP contribution in [0.5, 0.6) is 0 Å². The summed E-state index contributed by atoms with van der Waals surface area (Å²) < 4.78 is 1.31. The normalized spacial score (nSPS) is 18.4. The van der Waals surface area contributed by atoms with E-state index in [2.05, 4.69) is 15.6 Å². The number of hydrogen-bond acceptors (Lipinski definition) is 5. The van der Waals surface area contributed by atoms with Gasteiger partial charge in [0.25, 0.3) is 11.5 Å². The van der Waals surface area contributed by atoms with Crippen LogP contribution < -0.4 is 16.2 Å². The molecule has 1 aliphatic heterocycles. The molecule has 2 aromatic heterocycles. The van der Waals surface area contributed by atoms with Gasteiger partial charge in [-0.15, -0.1) is 0 Å². The average molecular weight is 476 g/mol. The van der Waals surface area contributed by atoms with E-state index < -0.39 is 11.5 Å². The maximum atomic E-state index is 13.3. The topological polar surface area (TPSA) is 113 Å². The summed E-state index contributed by atoms with van der Waals surface area (Å²) in [4.78, 5) is 56.8. The van der Waals surface area contributed by atoms with Gasteiger partial charge in [-0.2, -0.15) is 0 Å². The predicted octanol–water partition coefficient (Wildman–Crippen LogP) is 1.73. The smallest absolute Gasteiger partial charge is 0.270 e. The minimum Gasteiger partial charge on any atom is -0.356 e. The molecule has 0 aliphatic carbocycles. The lowest BCUT2D eigenvalue weighted by Crippen LogP contribution is -2.44. The van der Waals surface area contributed by atoms with Gasteiger partial charge in [0.15, 0.2) is 0 Å². The highest BCUT2D eigenvalue weighted by molar-refractivity contribution is 5.96. The molecule has 0 bridgehead atoms. The van der Waals surface area contributed by atoms with Crippen molar-refractivity contribution in [1.29, 1.82) is 0 Å². The first-order valence-corrected chi connectivity index (χ1v) is 11.9. The highest BCUT2D eigenvalue weighted by Gasteiger charge is 2.23. The molecule has 3 amide bonds. The average Bonchev–Trinajstić information content (AvgIpc) is 2.88. The number of rotatable bonds is 2. The Morgan fingerprint density at radius 3 is 2.51 bits per heavy atom. The van der Waals surface area contributed by atoms with Gasteiger partial charge < -0.3 is 15.5 Å². The summed E-state index contributed by atoms with van der Waals surface area (Å²) in [6, 6.07) is 15.1. The maximum absolute atomic E-state index is 13.3. The molecule has 3 heterocycles. The Morgan fingerprint density at radius 1 is 0.914 bits per heavy atom. The molecule has 3 aromatic rings. The van der Waals surface area contributed by atoms with E-state index in [1.807, 2.05) is 30.3 Å². The Bertz CT molecular complexity index is 1260. The van der Waals surface area contributed by atoms with Gasteiger partial charge in [0, 0.05) is 38.4 Å². The summed E-state index contributed by atoms with van der Waals surface area (Å²) >= 11 is 0. The molecule has 9 heteroatoms. The van der Waals surface area contributed by atoms with Gasteiger partial charge >= 0.3 is 0 Å². The molecule has 1 aromatic carbocycles. The molecule has 1 unspecified atom stereocenters. The lowest BCUT2D eigenvalue weighted by Gasteiger charge is -2.23. The summed E-state index contributed by atoms with van der Waals surface area (Å²) in [7, 11) is 0. The fourth-order valence-electron chi connectivity index (χ4n) is 4.31. The van der Waals surface area contributed by atoms with Crippen molar-refractivity contribution in [2.24, 2.45) is 0 Å². The molecule has 2 N–H and O–H groups in total. The molecule has 1 aliphatic rings. The van der Waals surface area contributed by atoms with Gasteiger partial charge in [-0.3, -0.25) is 23.6 Å². The lowest BCUT2D eigenvalue weighted by atomic mass is 9.91. The van der Waals surface area contributed by atoms with Crippen LogP contribution in [0.25, 0.3) is 5.65 Å². The standard InChI is InChI=1S/C26H29N5O4/c32-23-11-10-20(19-7-2-1-3-8-19)12-14-28-24(33)18-30(15-6-13-27-23)25(34)21-17-29-22-9-4-5-16-31(22)26(21)35/h1-5,7-9,16-17,20H,6,10-15,18H2,(H,27,32)(H,28,33). The van der Waals surface area contributed by atoms with Crippen LogP contribution in [0.15, 0.2) is 65.7 Å². The molecule has 9 nitrogen and oxygen atoms in total. The van der Waals surface area contributed by atoms with E-state index in [0.717, 1.165) is 5.56 Å². The molecule has 0 spiro atoms. The fraction of sp³-hybridized carbons (Fsp3) is 0.346. The zero-order valence-corrected chi connectivity index (χ0v) is 19.5.